The van der Waals surface area contributed by atoms with Crippen molar-refractivity contribution in [2.24, 2.45) is 0 Å². The third-order valence-electron chi connectivity index (χ3n) is 2.61. The smallest absolute Gasteiger partial charge is 0.334 e. The number of carbonyl (C=O) groups excluding carboxylic acids is 1. The van der Waals surface area contributed by atoms with Crippen LogP contribution in [0.1, 0.15) is 10.4 Å². The van der Waals surface area contributed by atoms with E-state index in [1.165, 1.54) is 17.1 Å². The Morgan fingerprint density at radius 2 is 2.00 bits per heavy atom. The molecule has 0 fully saturated rings. The van der Waals surface area contributed by atoms with Gasteiger partial charge in [0.1, 0.15) is 0 Å². The maximum absolute atomic E-state index is 11.7. The van der Waals surface area contributed by atoms with Crippen LogP contribution in [0.15, 0.2) is 42.7 Å². The van der Waals surface area contributed by atoms with Crippen molar-refractivity contribution in [2.45, 2.75) is 6.10 Å². The van der Waals surface area contributed by atoms with Gasteiger partial charge in [0.05, 0.1) is 24.0 Å². The van der Waals surface area contributed by atoms with Crippen LogP contribution < -0.4 is 5.32 Å². The summed E-state index contributed by atoms with van der Waals surface area (Å²) < 4.78 is 1.53. The second kappa shape index (κ2) is 5.98. The number of carboxylic acids is 1. The van der Waals surface area contributed by atoms with E-state index in [1.807, 2.05) is 30.3 Å². The molecular formula is C13H13N3O4. The summed E-state index contributed by atoms with van der Waals surface area (Å²) in [6.45, 7) is -0.356. The van der Waals surface area contributed by atoms with Crippen LogP contribution in [0.2, 0.25) is 0 Å². The number of carboxylic acid groups (broad SMARTS) is 1. The van der Waals surface area contributed by atoms with Gasteiger partial charge in [-0.3, -0.25) is 4.79 Å². The van der Waals surface area contributed by atoms with Gasteiger partial charge in [-0.05, 0) is 12.1 Å². The van der Waals surface area contributed by atoms with Crippen molar-refractivity contribution in [3.05, 3.63) is 48.3 Å². The number of rotatable bonds is 5. The zero-order valence-electron chi connectivity index (χ0n) is 10.4. The van der Waals surface area contributed by atoms with Crippen molar-refractivity contribution < 1.29 is 19.8 Å². The van der Waals surface area contributed by atoms with E-state index in [-0.39, 0.29) is 12.1 Å². The van der Waals surface area contributed by atoms with Gasteiger partial charge in [0.25, 0.3) is 5.91 Å². The Bertz CT molecular complexity index is 609. The lowest BCUT2D eigenvalue weighted by Crippen LogP contribution is -2.36. The Morgan fingerprint density at radius 3 is 2.65 bits per heavy atom. The fourth-order valence-corrected chi connectivity index (χ4v) is 1.54. The molecule has 2 aromatic rings. The van der Waals surface area contributed by atoms with Crippen LogP contribution in [-0.2, 0) is 4.79 Å². The first-order valence-corrected chi connectivity index (χ1v) is 5.87. The molecular weight excluding hydrogens is 262 g/mol. The molecule has 0 unspecified atom stereocenters. The molecule has 20 heavy (non-hydrogen) atoms. The molecule has 0 aliphatic rings. The van der Waals surface area contributed by atoms with Crippen LogP contribution in [0.3, 0.4) is 0 Å². The van der Waals surface area contributed by atoms with Crippen LogP contribution in [-0.4, -0.2) is 44.5 Å². The molecule has 0 aliphatic carbocycles. The highest BCUT2D eigenvalue weighted by Crippen LogP contribution is 2.07. The van der Waals surface area contributed by atoms with E-state index in [2.05, 4.69) is 10.4 Å². The Morgan fingerprint density at radius 1 is 1.30 bits per heavy atom. The molecule has 0 saturated carbocycles. The molecule has 7 heteroatoms. The minimum atomic E-state index is -1.62. The summed E-state index contributed by atoms with van der Waals surface area (Å²) >= 11 is 0. The van der Waals surface area contributed by atoms with Gasteiger partial charge in [0, 0.05) is 6.20 Å². The highest BCUT2D eigenvalue weighted by atomic mass is 16.4. The number of nitrogens with zero attached hydrogens (tertiary/aromatic N) is 2. The average Bonchev–Trinajstić information content (AvgIpc) is 2.95. The molecule has 1 heterocycles. The third kappa shape index (κ3) is 3.21. The highest BCUT2D eigenvalue weighted by Gasteiger charge is 2.15. The van der Waals surface area contributed by atoms with Gasteiger partial charge in [0.15, 0.2) is 6.10 Å². The molecule has 3 N–H and O–H groups in total. The molecule has 0 bridgehead atoms. The first-order chi connectivity index (χ1) is 9.58. The minimum absolute atomic E-state index is 0.284. The molecule has 1 aromatic carbocycles. The van der Waals surface area contributed by atoms with Crippen LogP contribution in [0.25, 0.3) is 5.69 Å². The second-order valence-electron chi connectivity index (χ2n) is 4.07. The van der Waals surface area contributed by atoms with Gasteiger partial charge in [-0.25, -0.2) is 9.48 Å². The maximum Gasteiger partial charge on any atom is 0.334 e. The zero-order chi connectivity index (χ0) is 14.5. The van der Waals surface area contributed by atoms with E-state index in [0.717, 1.165) is 5.69 Å². The molecule has 0 saturated heterocycles. The SMILES string of the molecule is O=C(NC[C@H](O)C(=O)O)c1cnn(-c2ccccc2)c1. The predicted octanol–water partition coefficient (Wildman–Crippen LogP) is 0.0476. The fraction of sp³-hybridized carbons (Fsp3) is 0.154. The van der Waals surface area contributed by atoms with E-state index >= 15 is 0 Å². The molecule has 7 nitrogen and oxygen atoms in total. The average molecular weight is 275 g/mol. The van der Waals surface area contributed by atoms with Crippen molar-refractivity contribution >= 4 is 11.9 Å². The summed E-state index contributed by atoms with van der Waals surface area (Å²) in [5.41, 5.74) is 1.09. The van der Waals surface area contributed by atoms with Gasteiger partial charge in [-0.2, -0.15) is 5.10 Å². The molecule has 1 aromatic heterocycles. The third-order valence-corrected chi connectivity index (χ3v) is 2.61. The van der Waals surface area contributed by atoms with Crippen LogP contribution in [0.5, 0.6) is 0 Å². The number of carbonyl (C=O) groups is 2. The first-order valence-electron chi connectivity index (χ1n) is 5.87. The number of aromatic nitrogens is 2. The Kier molecular flexibility index (Phi) is 4.11. The van der Waals surface area contributed by atoms with Gasteiger partial charge in [0.2, 0.25) is 0 Å². The lowest BCUT2D eigenvalue weighted by molar-refractivity contribution is -0.146. The monoisotopic (exact) mass is 275 g/mol. The van der Waals surface area contributed by atoms with Crippen molar-refractivity contribution in [1.29, 1.82) is 0 Å². The normalized spacial score (nSPS) is 11.8. The molecule has 1 amide bonds. The molecule has 2 rings (SSSR count). The first kappa shape index (κ1) is 13.8. The Balaban J connectivity index is 2.02. The van der Waals surface area contributed by atoms with Gasteiger partial charge < -0.3 is 15.5 Å². The quantitative estimate of drug-likeness (QED) is 0.715. The number of nitrogens with one attached hydrogen (secondary N) is 1. The fourth-order valence-electron chi connectivity index (χ4n) is 1.54. The number of benzene rings is 1. The number of hydrogen-bond donors (Lipinski definition) is 3. The molecule has 0 radical (unpaired) electrons. The van der Waals surface area contributed by atoms with Gasteiger partial charge >= 0.3 is 5.97 Å². The van der Waals surface area contributed by atoms with E-state index in [1.54, 1.807) is 0 Å². The van der Waals surface area contributed by atoms with Gasteiger partial charge in [-0.1, -0.05) is 18.2 Å². The molecule has 0 aliphatic heterocycles. The number of hydrogen-bond acceptors (Lipinski definition) is 4. The lowest BCUT2D eigenvalue weighted by atomic mass is 10.3. The summed E-state index contributed by atoms with van der Waals surface area (Å²) in [5, 5.41) is 23.9. The predicted molar refractivity (Wildman–Crippen MR) is 69.5 cm³/mol. The number of aliphatic hydroxyl groups excluding tert-OH is 1. The van der Waals surface area contributed by atoms with Crippen LogP contribution >= 0.6 is 0 Å². The second-order valence-corrected chi connectivity index (χ2v) is 4.07. The number of aliphatic hydroxyl groups is 1. The summed E-state index contributed by atoms with van der Waals surface area (Å²) in [4.78, 5) is 22.2. The number of aliphatic carboxylic acids is 1. The van der Waals surface area contributed by atoms with Crippen molar-refractivity contribution in [1.82, 2.24) is 15.1 Å². The largest absolute Gasteiger partial charge is 0.479 e. The van der Waals surface area contributed by atoms with Crippen LogP contribution in [0, 0.1) is 0 Å². The standard InChI is InChI=1S/C13H13N3O4/c17-11(13(19)20)7-14-12(18)9-6-15-16(8-9)10-4-2-1-3-5-10/h1-6,8,11,17H,7H2,(H,14,18)(H,19,20)/t11-/m0/s1. The molecule has 104 valence electrons. The minimum Gasteiger partial charge on any atom is -0.479 e. The Hall–Kier alpha value is -2.67. The van der Waals surface area contributed by atoms with E-state index < -0.39 is 18.0 Å². The van der Waals surface area contributed by atoms with E-state index in [4.69, 9.17) is 10.2 Å². The maximum atomic E-state index is 11.7. The highest BCUT2D eigenvalue weighted by molar-refractivity contribution is 5.94. The summed E-state index contributed by atoms with van der Waals surface area (Å²) in [7, 11) is 0. The summed E-state index contributed by atoms with van der Waals surface area (Å²) in [6, 6.07) is 9.24. The van der Waals surface area contributed by atoms with Crippen LogP contribution in [0.4, 0.5) is 0 Å². The number of amides is 1. The van der Waals surface area contributed by atoms with E-state index in [0.29, 0.717) is 0 Å². The number of para-hydroxylation sites is 1. The summed E-state index contributed by atoms with van der Waals surface area (Å²) in [5.74, 6) is -1.88. The van der Waals surface area contributed by atoms with Crippen molar-refractivity contribution in [3.63, 3.8) is 0 Å². The summed E-state index contributed by atoms with van der Waals surface area (Å²) in [6.07, 6.45) is 1.27. The van der Waals surface area contributed by atoms with E-state index in [9.17, 15) is 9.59 Å². The van der Waals surface area contributed by atoms with Crippen molar-refractivity contribution in [2.75, 3.05) is 6.54 Å². The molecule has 0 spiro atoms. The topological polar surface area (TPSA) is 104 Å². The Labute approximate surface area is 114 Å². The van der Waals surface area contributed by atoms with Crippen molar-refractivity contribution in [3.8, 4) is 5.69 Å². The lowest BCUT2D eigenvalue weighted by Gasteiger charge is -2.06. The zero-order valence-corrected chi connectivity index (χ0v) is 10.4. The van der Waals surface area contributed by atoms with Gasteiger partial charge in [-0.15, -0.1) is 0 Å². The molecule has 1 atom stereocenters.